The molecule has 0 radical (unpaired) electrons. The molecule has 0 aliphatic carbocycles. The molecule has 0 saturated carbocycles. The van der Waals surface area contributed by atoms with Gasteiger partial charge in [0, 0.05) is 51.7 Å². The molecule has 2 aromatic rings. The van der Waals surface area contributed by atoms with Crippen LogP contribution in [0.5, 0.6) is 5.75 Å². The number of amides is 2. The second-order valence-electron chi connectivity index (χ2n) is 9.13. The van der Waals surface area contributed by atoms with E-state index in [1.54, 1.807) is 29.4 Å². The molecule has 1 aromatic carbocycles. The third kappa shape index (κ3) is 5.00. The third-order valence-corrected chi connectivity index (χ3v) is 8.73. The summed E-state index contributed by atoms with van der Waals surface area (Å²) in [4.78, 5) is 39.6. The first kappa shape index (κ1) is 24.4. The second kappa shape index (κ2) is 10.4. The maximum atomic E-state index is 13.3. The predicted octanol–water partition coefficient (Wildman–Crippen LogP) is 1.12. The number of aromatic nitrogens is 2. The van der Waals surface area contributed by atoms with Crippen LogP contribution < -0.4 is 14.5 Å². The van der Waals surface area contributed by atoms with Gasteiger partial charge in [0.25, 0.3) is 5.91 Å². The van der Waals surface area contributed by atoms with Gasteiger partial charge >= 0.3 is 0 Å². The Hall–Kier alpha value is -3.25. The van der Waals surface area contributed by atoms with Gasteiger partial charge in [-0.15, -0.1) is 0 Å². The summed E-state index contributed by atoms with van der Waals surface area (Å²) in [5.74, 6) is 0.436. The molecular formula is C24H30N6O5S. The Bertz CT molecular complexity index is 1210. The number of carbonyl (C=O) groups excluding carboxylic acids is 2. The molecular weight excluding hydrogens is 484 g/mol. The number of hydrogen-bond donors (Lipinski definition) is 0. The molecule has 4 heterocycles. The van der Waals surface area contributed by atoms with Gasteiger partial charge in [0.05, 0.1) is 10.6 Å². The predicted molar refractivity (Wildman–Crippen MR) is 132 cm³/mol. The van der Waals surface area contributed by atoms with Gasteiger partial charge in [-0.1, -0.05) is 12.8 Å². The summed E-state index contributed by atoms with van der Waals surface area (Å²) in [7, 11) is -3.71. The molecule has 36 heavy (non-hydrogen) atoms. The van der Waals surface area contributed by atoms with Gasteiger partial charge in [-0.2, -0.15) is 4.31 Å². The van der Waals surface area contributed by atoms with Crippen LogP contribution in [0, 0.1) is 0 Å². The topological polar surface area (TPSA) is 116 Å². The van der Waals surface area contributed by atoms with Crippen molar-refractivity contribution in [3.63, 3.8) is 0 Å². The fourth-order valence-corrected chi connectivity index (χ4v) is 6.33. The zero-order chi connectivity index (χ0) is 25.1. The standard InChI is InChI=1S/C24H30N6O5S/c31-22(27-12-14-28(15-13-27)24-25-8-5-9-26-24)17-30-20-16-19(6-7-21(20)35-18-23(30)32)36(33,34)29-10-3-1-2-4-11-29/h5-9,16H,1-4,10-15,17-18H2. The van der Waals surface area contributed by atoms with Gasteiger partial charge < -0.3 is 14.5 Å². The van der Waals surface area contributed by atoms with Gasteiger partial charge in [0.2, 0.25) is 21.9 Å². The SMILES string of the molecule is O=C(CN1C(=O)COc2ccc(S(=O)(=O)N3CCCCCC3)cc21)N1CCN(c2ncccn2)CC1. The number of anilines is 2. The highest BCUT2D eigenvalue weighted by atomic mass is 32.2. The Morgan fingerprint density at radius 3 is 2.33 bits per heavy atom. The molecule has 0 unspecified atom stereocenters. The van der Waals surface area contributed by atoms with Crippen molar-refractivity contribution in [3.8, 4) is 5.75 Å². The summed E-state index contributed by atoms with van der Waals surface area (Å²) in [6.07, 6.45) is 7.06. The van der Waals surface area contributed by atoms with Crippen molar-refractivity contribution in [1.29, 1.82) is 0 Å². The first-order chi connectivity index (χ1) is 17.4. The van der Waals surface area contributed by atoms with Crippen LogP contribution in [0.15, 0.2) is 41.6 Å². The van der Waals surface area contributed by atoms with Crippen molar-refractivity contribution in [3.05, 3.63) is 36.7 Å². The average Bonchev–Trinajstić information content (AvgIpc) is 3.21. The van der Waals surface area contributed by atoms with Crippen LogP contribution in [0.1, 0.15) is 25.7 Å². The lowest BCUT2D eigenvalue weighted by molar-refractivity contribution is -0.132. The smallest absolute Gasteiger partial charge is 0.265 e. The van der Waals surface area contributed by atoms with Crippen molar-refractivity contribution >= 4 is 33.5 Å². The van der Waals surface area contributed by atoms with E-state index in [0.717, 1.165) is 25.7 Å². The molecule has 12 heteroatoms. The highest BCUT2D eigenvalue weighted by Crippen LogP contribution is 2.35. The molecule has 192 valence electrons. The van der Waals surface area contributed by atoms with Crippen molar-refractivity contribution in [2.24, 2.45) is 0 Å². The van der Waals surface area contributed by atoms with Crippen molar-refractivity contribution in [2.75, 3.05) is 62.2 Å². The number of piperazine rings is 1. The number of carbonyl (C=O) groups is 2. The maximum absolute atomic E-state index is 13.3. The molecule has 5 rings (SSSR count). The van der Waals surface area contributed by atoms with E-state index in [2.05, 4.69) is 9.97 Å². The molecule has 2 fully saturated rings. The summed E-state index contributed by atoms with van der Waals surface area (Å²) in [5, 5.41) is 0. The lowest BCUT2D eigenvalue weighted by Gasteiger charge is -2.36. The fourth-order valence-electron chi connectivity index (χ4n) is 4.79. The minimum atomic E-state index is -3.71. The highest BCUT2D eigenvalue weighted by Gasteiger charge is 2.33. The normalized spacial score (nSPS) is 19.4. The molecule has 0 spiro atoms. The Morgan fingerprint density at radius 2 is 1.64 bits per heavy atom. The van der Waals surface area contributed by atoms with E-state index in [1.807, 2.05) is 4.90 Å². The maximum Gasteiger partial charge on any atom is 0.265 e. The number of rotatable bonds is 5. The van der Waals surface area contributed by atoms with Crippen LogP contribution in [0.4, 0.5) is 11.6 Å². The summed E-state index contributed by atoms with van der Waals surface area (Å²) in [5.41, 5.74) is 0.312. The first-order valence-corrected chi connectivity index (χ1v) is 13.7. The Labute approximate surface area is 210 Å². The number of nitrogens with zero attached hydrogens (tertiary/aromatic N) is 6. The Kier molecular flexibility index (Phi) is 7.06. The van der Waals surface area contributed by atoms with Crippen LogP contribution in [0.2, 0.25) is 0 Å². The summed E-state index contributed by atoms with van der Waals surface area (Å²) in [6, 6.07) is 6.30. The molecule has 0 bridgehead atoms. The van der Waals surface area contributed by atoms with E-state index in [-0.39, 0.29) is 29.9 Å². The summed E-state index contributed by atoms with van der Waals surface area (Å²) >= 11 is 0. The van der Waals surface area contributed by atoms with E-state index >= 15 is 0 Å². The van der Waals surface area contributed by atoms with Gasteiger partial charge in [0.1, 0.15) is 12.3 Å². The van der Waals surface area contributed by atoms with Crippen LogP contribution in [-0.4, -0.2) is 91.8 Å². The van der Waals surface area contributed by atoms with Crippen molar-refractivity contribution < 1.29 is 22.7 Å². The van der Waals surface area contributed by atoms with Crippen LogP contribution >= 0.6 is 0 Å². The van der Waals surface area contributed by atoms with Crippen LogP contribution in [0.3, 0.4) is 0 Å². The summed E-state index contributed by atoms with van der Waals surface area (Å²) < 4.78 is 33.7. The molecule has 11 nitrogen and oxygen atoms in total. The zero-order valence-corrected chi connectivity index (χ0v) is 20.9. The van der Waals surface area contributed by atoms with E-state index in [9.17, 15) is 18.0 Å². The van der Waals surface area contributed by atoms with Crippen molar-refractivity contribution in [1.82, 2.24) is 19.2 Å². The van der Waals surface area contributed by atoms with E-state index < -0.39 is 10.0 Å². The number of fused-ring (bicyclic) bond motifs is 1. The Morgan fingerprint density at radius 1 is 0.944 bits per heavy atom. The van der Waals surface area contributed by atoms with E-state index in [0.29, 0.717) is 56.7 Å². The van der Waals surface area contributed by atoms with Gasteiger partial charge in [-0.25, -0.2) is 18.4 Å². The molecule has 2 amide bonds. The largest absolute Gasteiger partial charge is 0.482 e. The number of ether oxygens (including phenoxy) is 1. The fraction of sp³-hybridized carbons (Fsp3) is 0.500. The molecule has 3 aliphatic heterocycles. The number of sulfonamides is 1. The molecule has 0 atom stereocenters. The van der Waals surface area contributed by atoms with Crippen LogP contribution in [-0.2, 0) is 19.6 Å². The molecule has 3 aliphatic rings. The highest BCUT2D eigenvalue weighted by molar-refractivity contribution is 7.89. The first-order valence-electron chi connectivity index (χ1n) is 12.3. The minimum absolute atomic E-state index is 0.107. The lowest BCUT2D eigenvalue weighted by atomic mass is 10.2. The van der Waals surface area contributed by atoms with Crippen LogP contribution in [0.25, 0.3) is 0 Å². The minimum Gasteiger partial charge on any atom is -0.482 e. The number of hydrogen-bond acceptors (Lipinski definition) is 8. The van der Waals surface area contributed by atoms with Gasteiger partial charge in [-0.3, -0.25) is 14.5 Å². The molecule has 2 saturated heterocycles. The summed E-state index contributed by atoms with van der Waals surface area (Å²) in [6.45, 7) is 2.72. The quantitative estimate of drug-likeness (QED) is 0.583. The monoisotopic (exact) mass is 514 g/mol. The lowest BCUT2D eigenvalue weighted by Crippen LogP contribution is -2.53. The second-order valence-corrected chi connectivity index (χ2v) is 11.1. The average molecular weight is 515 g/mol. The van der Waals surface area contributed by atoms with Gasteiger partial charge in [0.15, 0.2) is 6.61 Å². The Balaban J connectivity index is 1.31. The van der Waals surface area contributed by atoms with E-state index in [4.69, 9.17) is 4.74 Å². The zero-order valence-electron chi connectivity index (χ0n) is 20.1. The van der Waals surface area contributed by atoms with Gasteiger partial charge in [-0.05, 0) is 37.1 Å². The van der Waals surface area contributed by atoms with E-state index in [1.165, 1.54) is 21.3 Å². The van der Waals surface area contributed by atoms with Crippen molar-refractivity contribution in [2.45, 2.75) is 30.6 Å². The number of benzene rings is 1. The molecule has 0 N–H and O–H groups in total. The third-order valence-electron chi connectivity index (χ3n) is 6.84. The molecule has 1 aromatic heterocycles.